The predicted molar refractivity (Wildman–Crippen MR) is 128 cm³/mol. The van der Waals surface area contributed by atoms with Gasteiger partial charge in [0.25, 0.3) is 11.8 Å². The van der Waals surface area contributed by atoms with E-state index in [9.17, 15) is 9.59 Å². The van der Waals surface area contributed by atoms with Crippen LogP contribution in [-0.4, -0.2) is 11.8 Å². The second kappa shape index (κ2) is 8.98. The average Bonchev–Trinajstić information content (AvgIpc) is 2.74. The summed E-state index contributed by atoms with van der Waals surface area (Å²) in [7, 11) is 0. The predicted octanol–water partition coefficient (Wildman–Crippen LogP) is 7.30. The van der Waals surface area contributed by atoms with Crippen LogP contribution in [0.2, 0.25) is 15.1 Å². The molecule has 0 aliphatic carbocycles. The molecule has 154 valence electrons. The van der Waals surface area contributed by atoms with E-state index in [4.69, 9.17) is 34.8 Å². The molecule has 0 atom stereocenters. The van der Waals surface area contributed by atoms with E-state index >= 15 is 0 Å². The molecular formula is C24H15Cl3N2O2. The first kappa shape index (κ1) is 21.2. The molecule has 0 radical (unpaired) electrons. The monoisotopic (exact) mass is 468 g/mol. The highest BCUT2D eigenvalue weighted by molar-refractivity contribution is 6.37. The van der Waals surface area contributed by atoms with Crippen LogP contribution in [0.25, 0.3) is 10.8 Å². The molecule has 0 spiro atoms. The number of hydrogen-bond acceptors (Lipinski definition) is 2. The Morgan fingerprint density at radius 3 is 1.90 bits per heavy atom. The molecule has 4 rings (SSSR count). The number of halogens is 3. The van der Waals surface area contributed by atoms with Crippen molar-refractivity contribution in [1.29, 1.82) is 0 Å². The lowest BCUT2D eigenvalue weighted by atomic mass is 10.0. The van der Waals surface area contributed by atoms with E-state index in [0.717, 1.165) is 10.8 Å². The minimum Gasteiger partial charge on any atom is -0.322 e. The van der Waals surface area contributed by atoms with E-state index in [1.165, 1.54) is 6.07 Å². The fourth-order valence-corrected chi connectivity index (χ4v) is 3.95. The Labute approximate surface area is 193 Å². The zero-order valence-corrected chi connectivity index (χ0v) is 18.2. The van der Waals surface area contributed by atoms with E-state index in [2.05, 4.69) is 10.6 Å². The van der Waals surface area contributed by atoms with E-state index in [-0.39, 0.29) is 16.8 Å². The van der Waals surface area contributed by atoms with Gasteiger partial charge in [0.15, 0.2) is 0 Å². The van der Waals surface area contributed by atoms with Crippen molar-refractivity contribution in [3.63, 3.8) is 0 Å². The maximum atomic E-state index is 12.9. The molecule has 4 aromatic carbocycles. The molecule has 4 nitrogen and oxygen atoms in total. The van der Waals surface area contributed by atoms with Crippen molar-refractivity contribution in [2.45, 2.75) is 0 Å². The van der Waals surface area contributed by atoms with E-state index in [0.29, 0.717) is 32.5 Å². The van der Waals surface area contributed by atoms with Gasteiger partial charge in [-0.2, -0.15) is 0 Å². The topological polar surface area (TPSA) is 58.2 Å². The van der Waals surface area contributed by atoms with Crippen molar-refractivity contribution in [1.82, 2.24) is 0 Å². The molecule has 0 saturated heterocycles. The second-order valence-corrected chi connectivity index (χ2v) is 8.00. The minimum atomic E-state index is -0.381. The Bertz CT molecular complexity index is 1320. The summed E-state index contributed by atoms with van der Waals surface area (Å²) in [6.07, 6.45) is 0. The standard InChI is InChI=1S/C24H15Cl3N2O2/c25-14-10-11-20(22(27)12-14)24(31)29-16-5-1-4-15(13-16)28-23(30)19-8-2-7-18-17(19)6-3-9-21(18)26/h1-13H,(H,28,30)(H,29,31). The van der Waals surface area contributed by atoms with Gasteiger partial charge in [-0.05, 0) is 53.9 Å². The number of carbonyl (C=O) groups excluding carboxylic acids is 2. The van der Waals surface area contributed by atoms with Gasteiger partial charge in [0.2, 0.25) is 0 Å². The van der Waals surface area contributed by atoms with Gasteiger partial charge in [-0.25, -0.2) is 0 Å². The Kier molecular flexibility index (Phi) is 6.14. The van der Waals surface area contributed by atoms with Gasteiger partial charge >= 0.3 is 0 Å². The SMILES string of the molecule is O=C(Nc1cccc(NC(=O)c2cccc3c(Cl)cccc23)c1)c1ccc(Cl)cc1Cl. The lowest BCUT2D eigenvalue weighted by Crippen LogP contribution is -2.14. The minimum absolute atomic E-state index is 0.254. The van der Waals surface area contributed by atoms with Crippen LogP contribution in [0.15, 0.2) is 78.9 Å². The first-order valence-corrected chi connectivity index (χ1v) is 10.4. The molecule has 0 fully saturated rings. The van der Waals surface area contributed by atoms with Crippen LogP contribution in [0.1, 0.15) is 20.7 Å². The third-order valence-corrected chi connectivity index (χ3v) is 5.54. The van der Waals surface area contributed by atoms with Gasteiger partial charge in [-0.1, -0.05) is 65.1 Å². The van der Waals surface area contributed by atoms with Crippen LogP contribution in [0.4, 0.5) is 11.4 Å². The van der Waals surface area contributed by atoms with Crippen LogP contribution in [0, 0.1) is 0 Å². The summed E-state index contributed by atoms with van der Waals surface area (Å²) in [5, 5.41) is 8.48. The number of nitrogens with one attached hydrogen (secondary N) is 2. The third kappa shape index (κ3) is 4.67. The highest BCUT2D eigenvalue weighted by Gasteiger charge is 2.14. The molecule has 0 saturated carbocycles. The third-order valence-electron chi connectivity index (χ3n) is 4.67. The summed E-state index contributed by atoms with van der Waals surface area (Å²) in [5.74, 6) is -0.661. The van der Waals surface area contributed by atoms with Crippen molar-refractivity contribution >= 4 is 68.8 Å². The number of rotatable bonds is 4. The molecule has 0 aliphatic heterocycles. The smallest absolute Gasteiger partial charge is 0.257 e. The van der Waals surface area contributed by atoms with Crippen LogP contribution in [-0.2, 0) is 0 Å². The molecular weight excluding hydrogens is 455 g/mol. The molecule has 0 aromatic heterocycles. The van der Waals surface area contributed by atoms with Crippen molar-refractivity contribution in [2.75, 3.05) is 10.6 Å². The van der Waals surface area contributed by atoms with Crippen LogP contribution < -0.4 is 10.6 Å². The molecule has 0 unspecified atom stereocenters. The zero-order chi connectivity index (χ0) is 22.0. The Morgan fingerprint density at radius 2 is 1.19 bits per heavy atom. The van der Waals surface area contributed by atoms with Crippen LogP contribution in [0.5, 0.6) is 0 Å². The number of hydrogen-bond donors (Lipinski definition) is 2. The average molecular weight is 470 g/mol. The van der Waals surface area contributed by atoms with Gasteiger partial charge in [0, 0.05) is 32.4 Å². The number of carbonyl (C=O) groups is 2. The number of anilines is 2. The number of fused-ring (bicyclic) bond motifs is 1. The van der Waals surface area contributed by atoms with Crippen LogP contribution in [0.3, 0.4) is 0 Å². The number of benzene rings is 4. The summed E-state index contributed by atoms with van der Waals surface area (Å²) in [4.78, 5) is 25.4. The zero-order valence-electron chi connectivity index (χ0n) is 16.0. The van der Waals surface area contributed by atoms with Crippen LogP contribution >= 0.6 is 34.8 Å². The molecule has 2 N–H and O–H groups in total. The Morgan fingerprint density at radius 1 is 0.581 bits per heavy atom. The van der Waals surface area contributed by atoms with E-state index in [1.54, 1.807) is 60.7 Å². The Hall–Kier alpha value is -3.05. The second-order valence-electron chi connectivity index (χ2n) is 6.75. The molecule has 4 aromatic rings. The van der Waals surface area contributed by atoms with Gasteiger partial charge < -0.3 is 10.6 Å². The summed E-state index contributed by atoms with van der Waals surface area (Å²) in [6.45, 7) is 0. The summed E-state index contributed by atoms with van der Waals surface area (Å²) < 4.78 is 0. The summed E-state index contributed by atoms with van der Waals surface area (Å²) in [5.41, 5.74) is 1.84. The molecule has 7 heteroatoms. The highest BCUT2D eigenvalue weighted by atomic mass is 35.5. The summed E-state index contributed by atoms with van der Waals surface area (Å²) in [6, 6.07) is 22.3. The maximum absolute atomic E-state index is 12.9. The Balaban J connectivity index is 1.55. The first-order valence-electron chi connectivity index (χ1n) is 9.27. The largest absolute Gasteiger partial charge is 0.322 e. The van der Waals surface area contributed by atoms with Gasteiger partial charge in [-0.3, -0.25) is 9.59 Å². The number of amides is 2. The lowest BCUT2D eigenvalue weighted by Gasteiger charge is -2.11. The molecule has 0 bridgehead atoms. The summed E-state index contributed by atoms with van der Waals surface area (Å²) >= 11 is 18.2. The molecule has 0 heterocycles. The molecule has 31 heavy (non-hydrogen) atoms. The van der Waals surface area contributed by atoms with Crippen molar-refractivity contribution < 1.29 is 9.59 Å². The highest BCUT2D eigenvalue weighted by Crippen LogP contribution is 2.27. The quantitative estimate of drug-likeness (QED) is 0.329. The van der Waals surface area contributed by atoms with E-state index in [1.807, 2.05) is 12.1 Å². The fourth-order valence-electron chi connectivity index (χ4n) is 3.21. The fraction of sp³-hybridized carbons (Fsp3) is 0. The maximum Gasteiger partial charge on any atom is 0.257 e. The first-order chi connectivity index (χ1) is 14.9. The molecule has 2 amide bonds. The van der Waals surface area contributed by atoms with Crippen molar-refractivity contribution in [3.05, 3.63) is 105 Å². The van der Waals surface area contributed by atoms with Crippen molar-refractivity contribution in [3.8, 4) is 0 Å². The van der Waals surface area contributed by atoms with E-state index < -0.39 is 0 Å². The normalized spacial score (nSPS) is 10.7. The molecule has 0 aliphatic rings. The van der Waals surface area contributed by atoms with Gasteiger partial charge in [0.1, 0.15) is 0 Å². The van der Waals surface area contributed by atoms with Crippen molar-refractivity contribution in [2.24, 2.45) is 0 Å². The van der Waals surface area contributed by atoms with Gasteiger partial charge in [-0.15, -0.1) is 0 Å². The lowest BCUT2D eigenvalue weighted by molar-refractivity contribution is 0.102. The van der Waals surface area contributed by atoms with Gasteiger partial charge in [0.05, 0.1) is 10.6 Å².